The first-order chi connectivity index (χ1) is 10.7. The molecule has 1 aromatic carbocycles. The van der Waals surface area contributed by atoms with Gasteiger partial charge in [-0.15, -0.1) is 10.2 Å². The van der Waals surface area contributed by atoms with Crippen molar-refractivity contribution in [2.24, 2.45) is 0 Å². The second-order valence-electron chi connectivity index (χ2n) is 5.14. The molecular formula is C16H18N4OS. The summed E-state index contributed by atoms with van der Waals surface area (Å²) < 4.78 is 7.22. The van der Waals surface area contributed by atoms with Crippen molar-refractivity contribution in [3.63, 3.8) is 0 Å². The first-order valence-electron chi connectivity index (χ1n) is 7.22. The second-order valence-corrected chi connectivity index (χ2v) is 6.08. The molecule has 0 unspecified atom stereocenters. The Morgan fingerprint density at radius 1 is 1.18 bits per heavy atom. The van der Waals surface area contributed by atoms with Gasteiger partial charge in [0.1, 0.15) is 5.76 Å². The Balaban J connectivity index is 1.84. The van der Waals surface area contributed by atoms with E-state index in [0.29, 0.717) is 0 Å². The van der Waals surface area contributed by atoms with Crippen LogP contribution >= 0.6 is 11.8 Å². The van der Waals surface area contributed by atoms with Crippen LogP contribution in [0.4, 0.5) is 0 Å². The molecule has 0 bridgehead atoms. The summed E-state index contributed by atoms with van der Waals surface area (Å²) >= 11 is 1.62. The average Bonchev–Trinajstić information content (AvgIpc) is 3.10. The van der Waals surface area contributed by atoms with Gasteiger partial charge < -0.3 is 9.09 Å². The third-order valence-corrected chi connectivity index (χ3v) is 4.34. The van der Waals surface area contributed by atoms with Gasteiger partial charge >= 0.3 is 0 Å². The van der Waals surface area contributed by atoms with Gasteiger partial charge in [0, 0.05) is 23.9 Å². The zero-order valence-corrected chi connectivity index (χ0v) is 13.7. The minimum Gasteiger partial charge on any atom is -0.361 e. The van der Waals surface area contributed by atoms with Crippen molar-refractivity contribution in [1.82, 2.24) is 19.9 Å². The number of nitrogens with zero attached hydrogens (tertiary/aromatic N) is 4. The van der Waals surface area contributed by atoms with Gasteiger partial charge in [-0.2, -0.15) is 0 Å². The average molecular weight is 314 g/mol. The highest BCUT2D eigenvalue weighted by Crippen LogP contribution is 2.26. The fourth-order valence-corrected chi connectivity index (χ4v) is 3.19. The van der Waals surface area contributed by atoms with E-state index in [9.17, 15) is 0 Å². The van der Waals surface area contributed by atoms with E-state index in [-0.39, 0.29) is 0 Å². The Morgan fingerprint density at radius 2 is 2.05 bits per heavy atom. The van der Waals surface area contributed by atoms with Crippen LogP contribution in [0.3, 0.4) is 0 Å². The van der Waals surface area contributed by atoms with Gasteiger partial charge in [0.2, 0.25) is 0 Å². The zero-order chi connectivity index (χ0) is 15.5. The molecule has 0 fully saturated rings. The van der Waals surface area contributed by atoms with Crippen molar-refractivity contribution < 1.29 is 4.52 Å². The smallest absolute Gasteiger partial charge is 0.191 e. The SMILES string of the molecule is CCn1c(SCc2cc(C)on2)nnc1-c1cccc(C)c1. The quantitative estimate of drug-likeness (QED) is 0.669. The molecule has 3 aromatic rings. The minimum atomic E-state index is 0.725. The lowest BCUT2D eigenvalue weighted by Gasteiger charge is -2.07. The van der Waals surface area contributed by atoms with E-state index in [4.69, 9.17) is 4.52 Å². The number of thioether (sulfide) groups is 1. The highest BCUT2D eigenvalue weighted by atomic mass is 32.2. The van der Waals surface area contributed by atoms with Gasteiger partial charge in [-0.25, -0.2) is 0 Å². The first-order valence-corrected chi connectivity index (χ1v) is 8.21. The summed E-state index contributed by atoms with van der Waals surface area (Å²) in [5.41, 5.74) is 3.24. The predicted molar refractivity (Wildman–Crippen MR) is 86.7 cm³/mol. The molecule has 0 spiro atoms. The summed E-state index contributed by atoms with van der Waals surface area (Å²) in [6.07, 6.45) is 0. The Labute approximate surface area is 133 Å². The Bertz CT molecular complexity index is 778. The van der Waals surface area contributed by atoms with Crippen LogP contribution in [0.25, 0.3) is 11.4 Å². The van der Waals surface area contributed by atoms with Crippen LogP contribution in [0.2, 0.25) is 0 Å². The highest BCUT2D eigenvalue weighted by molar-refractivity contribution is 7.98. The first kappa shape index (κ1) is 14.8. The second kappa shape index (κ2) is 6.36. The molecule has 5 nitrogen and oxygen atoms in total. The lowest BCUT2D eigenvalue weighted by Crippen LogP contribution is -2.00. The molecule has 0 atom stereocenters. The summed E-state index contributed by atoms with van der Waals surface area (Å²) in [7, 11) is 0. The summed E-state index contributed by atoms with van der Waals surface area (Å²) in [4.78, 5) is 0. The number of benzene rings is 1. The van der Waals surface area contributed by atoms with E-state index in [1.807, 2.05) is 19.1 Å². The van der Waals surface area contributed by atoms with Crippen molar-refractivity contribution in [1.29, 1.82) is 0 Å². The molecule has 0 aliphatic heterocycles. The maximum atomic E-state index is 5.09. The molecule has 0 N–H and O–H groups in total. The topological polar surface area (TPSA) is 56.7 Å². The van der Waals surface area contributed by atoms with Gasteiger partial charge in [0.15, 0.2) is 11.0 Å². The van der Waals surface area contributed by atoms with Crippen LogP contribution < -0.4 is 0 Å². The summed E-state index contributed by atoms with van der Waals surface area (Å²) in [6.45, 7) is 6.91. The summed E-state index contributed by atoms with van der Waals surface area (Å²) in [6, 6.07) is 10.3. The van der Waals surface area contributed by atoms with E-state index < -0.39 is 0 Å². The molecule has 0 amide bonds. The van der Waals surface area contributed by atoms with Crippen LogP contribution in [0.5, 0.6) is 0 Å². The molecule has 0 radical (unpaired) electrons. The van der Waals surface area contributed by atoms with Crippen molar-refractivity contribution >= 4 is 11.8 Å². The van der Waals surface area contributed by atoms with Crippen LogP contribution in [-0.2, 0) is 12.3 Å². The van der Waals surface area contributed by atoms with E-state index in [2.05, 4.69) is 52.0 Å². The van der Waals surface area contributed by atoms with Gasteiger partial charge in [-0.1, -0.05) is 40.7 Å². The fraction of sp³-hybridized carbons (Fsp3) is 0.312. The lowest BCUT2D eigenvalue weighted by molar-refractivity contribution is 0.393. The molecule has 3 rings (SSSR count). The van der Waals surface area contributed by atoms with Gasteiger partial charge in [-0.3, -0.25) is 0 Å². The molecule has 0 saturated heterocycles. The fourth-order valence-electron chi connectivity index (χ4n) is 2.30. The van der Waals surface area contributed by atoms with Gasteiger partial charge in [0.25, 0.3) is 0 Å². The molecule has 0 aliphatic rings. The third kappa shape index (κ3) is 3.06. The lowest BCUT2D eigenvalue weighted by atomic mass is 10.1. The Morgan fingerprint density at radius 3 is 2.73 bits per heavy atom. The Kier molecular flexibility index (Phi) is 4.29. The van der Waals surface area contributed by atoms with Crippen LogP contribution in [0.15, 0.2) is 40.0 Å². The van der Waals surface area contributed by atoms with Crippen LogP contribution in [-0.4, -0.2) is 19.9 Å². The molecule has 114 valence electrons. The Hall–Kier alpha value is -2.08. The van der Waals surface area contributed by atoms with Crippen LogP contribution in [0, 0.1) is 13.8 Å². The van der Waals surface area contributed by atoms with Gasteiger partial charge in [0.05, 0.1) is 5.69 Å². The number of rotatable bonds is 5. The molecule has 0 saturated carbocycles. The van der Waals surface area contributed by atoms with E-state index in [1.165, 1.54) is 5.56 Å². The zero-order valence-electron chi connectivity index (χ0n) is 12.9. The highest BCUT2D eigenvalue weighted by Gasteiger charge is 2.14. The summed E-state index contributed by atoms with van der Waals surface area (Å²) in [5, 5.41) is 13.6. The van der Waals surface area contributed by atoms with Crippen molar-refractivity contribution in [3.05, 3.63) is 47.3 Å². The summed E-state index contributed by atoms with van der Waals surface area (Å²) in [5.74, 6) is 2.46. The third-order valence-electron chi connectivity index (χ3n) is 3.34. The maximum Gasteiger partial charge on any atom is 0.191 e. The number of hydrogen-bond donors (Lipinski definition) is 0. The van der Waals surface area contributed by atoms with E-state index in [1.54, 1.807) is 11.8 Å². The maximum absolute atomic E-state index is 5.09. The molecule has 22 heavy (non-hydrogen) atoms. The molecule has 0 aliphatic carbocycles. The van der Waals surface area contributed by atoms with Crippen molar-refractivity contribution in [2.75, 3.05) is 0 Å². The molecule has 2 heterocycles. The normalized spacial score (nSPS) is 11.0. The van der Waals surface area contributed by atoms with Crippen LogP contribution in [0.1, 0.15) is 23.9 Å². The monoisotopic (exact) mass is 314 g/mol. The number of aromatic nitrogens is 4. The predicted octanol–water partition coefficient (Wildman–Crippen LogP) is 3.86. The minimum absolute atomic E-state index is 0.725. The van der Waals surface area contributed by atoms with E-state index in [0.717, 1.165) is 40.3 Å². The van der Waals surface area contributed by atoms with Crippen molar-refractivity contribution in [3.8, 4) is 11.4 Å². The van der Waals surface area contributed by atoms with Crippen molar-refractivity contribution in [2.45, 2.75) is 38.2 Å². The van der Waals surface area contributed by atoms with Gasteiger partial charge in [-0.05, 0) is 26.8 Å². The standard InChI is InChI=1S/C16H18N4OS/c1-4-20-15(13-7-5-6-11(2)8-13)17-18-16(20)22-10-14-9-12(3)21-19-14/h5-9H,4,10H2,1-3H3. The number of aryl methyl sites for hydroxylation is 2. The largest absolute Gasteiger partial charge is 0.361 e. The van der Waals surface area contributed by atoms with E-state index >= 15 is 0 Å². The molecule has 6 heteroatoms. The number of hydrogen-bond acceptors (Lipinski definition) is 5. The molecule has 2 aromatic heterocycles. The molecular weight excluding hydrogens is 296 g/mol.